The Labute approximate surface area is 240 Å². The number of amides is 1. The molecule has 1 unspecified atom stereocenters. The van der Waals surface area contributed by atoms with E-state index in [0.29, 0.717) is 25.7 Å². The van der Waals surface area contributed by atoms with Crippen molar-refractivity contribution in [3.8, 4) is 0 Å². The van der Waals surface area contributed by atoms with Gasteiger partial charge < -0.3 is 33.3 Å². The zero-order valence-corrected chi connectivity index (χ0v) is 27.1. The summed E-state index contributed by atoms with van der Waals surface area (Å²) < 4.78 is 58.5. The van der Waals surface area contributed by atoms with Gasteiger partial charge in [0.1, 0.15) is 11.7 Å². The van der Waals surface area contributed by atoms with Crippen LogP contribution >= 0.6 is 15.2 Å². The molecule has 0 aliphatic heterocycles. The average Bonchev–Trinajstić information content (AvgIpc) is 2.90. The number of carbonyl (C=O) groups is 1. The van der Waals surface area contributed by atoms with Crippen LogP contribution in [0.4, 0.5) is 4.79 Å². The van der Waals surface area contributed by atoms with Crippen LogP contribution in [0, 0.1) is 0 Å². The van der Waals surface area contributed by atoms with Crippen LogP contribution in [-0.4, -0.2) is 61.3 Å². The monoisotopic (exact) mass is 609 g/mol. The molecule has 0 fully saturated rings. The Bertz CT molecular complexity index is 896. The Morgan fingerprint density at radius 1 is 0.875 bits per heavy atom. The van der Waals surface area contributed by atoms with Gasteiger partial charge in [-0.3, -0.25) is 9.13 Å². The number of pyridine rings is 1. The lowest BCUT2D eigenvalue weighted by atomic mass is 10.2. The van der Waals surface area contributed by atoms with Gasteiger partial charge in [-0.2, -0.15) is 0 Å². The first-order valence-electron chi connectivity index (χ1n) is 14.2. The van der Waals surface area contributed by atoms with E-state index in [9.17, 15) is 19.0 Å². The second kappa shape index (κ2) is 18.3. The molecule has 0 bridgehead atoms. The molecule has 0 aliphatic carbocycles. The summed E-state index contributed by atoms with van der Waals surface area (Å²) in [6.07, 6.45) is 4.56. The van der Waals surface area contributed by atoms with Gasteiger partial charge in [-0.25, -0.2) is 9.36 Å². The topological polar surface area (TPSA) is 134 Å². The van der Waals surface area contributed by atoms with E-state index in [1.165, 1.54) is 0 Å². The van der Waals surface area contributed by atoms with E-state index in [1.54, 1.807) is 49.9 Å². The molecule has 2 N–H and O–H groups in total. The van der Waals surface area contributed by atoms with Gasteiger partial charge >= 0.3 is 21.3 Å². The number of nitrogens with zero attached hydrogens (tertiary/aromatic N) is 1. The van der Waals surface area contributed by atoms with Crippen molar-refractivity contribution < 1.29 is 46.4 Å². The number of aromatic nitrogens is 1. The minimum absolute atomic E-state index is 0.0190. The highest BCUT2D eigenvalue weighted by Crippen LogP contribution is 2.71. The summed E-state index contributed by atoms with van der Waals surface area (Å²) in [6, 6.07) is 3.57. The van der Waals surface area contributed by atoms with Gasteiger partial charge in [-0.1, -0.05) is 27.7 Å². The summed E-state index contributed by atoms with van der Waals surface area (Å²) in [6.45, 7) is 13.8. The van der Waals surface area contributed by atoms with Gasteiger partial charge in [0, 0.05) is 12.1 Å². The molecule has 1 aromatic heterocycles. The molecule has 0 aliphatic rings. The first-order valence-corrected chi connectivity index (χ1v) is 17.4. The average molecular weight is 610 g/mol. The van der Waals surface area contributed by atoms with Gasteiger partial charge in [-0.05, 0) is 58.4 Å². The number of ether oxygens (including phenoxy) is 1. The SMILES string of the molecule is CCCOP(=O)(OCCC)C(Cc1cc[n+](CC(O)CNC(=O)OC(C)(C)C)cc1)P(=O)(OCCC)OCCC. The lowest BCUT2D eigenvalue weighted by Crippen LogP contribution is -2.45. The highest BCUT2D eigenvalue weighted by atomic mass is 31.2. The first kappa shape index (κ1) is 36.7. The van der Waals surface area contributed by atoms with E-state index >= 15 is 0 Å². The summed E-state index contributed by atoms with van der Waals surface area (Å²) >= 11 is 0. The van der Waals surface area contributed by atoms with E-state index < -0.39 is 38.4 Å². The number of hydrogen-bond donors (Lipinski definition) is 2. The van der Waals surface area contributed by atoms with Crippen LogP contribution in [0.1, 0.15) is 79.7 Å². The van der Waals surface area contributed by atoms with E-state index in [4.69, 9.17) is 22.8 Å². The van der Waals surface area contributed by atoms with Crippen LogP contribution in [0.15, 0.2) is 24.5 Å². The Morgan fingerprint density at radius 2 is 1.30 bits per heavy atom. The number of nitrogens with one attached hydrogen (secondary N) is 1. The third-order valence-electron chi connectivity index (χ3n) is 5.31. The summed E-state index contributed by atoms with van der Waals surface area (Å²) in [4.78, 5) is 11.9. The lowest BCUT2D eigenvalue weighted by Gasteiger charge is -2.32. The molecule has 13 heteroatoms. The largest absolute Gasteiger partial charge is 0.444 e. The van der Waals surface area contributed by atoms with Gasteiger partial charge in [-0.15, -0.1) is 0 Å². The summed E-state index contributed by atoms with van der Waals surface area (Å²) in [5.41, 5.74) is 0.0982. The van der Waals surface area contributed by atoms with Gasteiger partial charge in [0.05, 0.1) is 33.0 Å². The maximum absolute atomic E-state index is 14.2. The Balaban J connectivity index is 3.15. The number of alkyl carbamates (subject to hydrolysis) is 1. The Hall–Kier alpha value is -1.32. The molecular formula is C27H51N2O9P2+. The normalized spacial score (nSPS) is 13.4. The number of carbonyl (C=O) groups excluding carboxylic acids is 1. The predicted octanol–water partition coefficient (Wildman–Crippen LogP) is 5.82. The maximum Gasteiger partial charge on any atom is 0.407 e. The van der Waals surface area contributed by atoms with Crippen molar-refractivity contribution in [1.82, 2.24) is 5.32 Å². The van der Waals surface area contributed by atoms with Gasteiger partial charge in [0.2, 0.25) is 0 Å². The van der Waals surface area contributed by atoms with Crippen molar-refractivity contribution in [2.75, 3.05) is 33.0 Å². The molecule has 1 amide bonds. The zero-order chi connectivity index (χ0) is 30.2. The van der Waals surface area contributed by atoms with Crippen LogP contribution in [-0.2, 0) is 44.9 Å². The molecule has 232 valence electrons. The quantitative estimate of drug-likeness (QED) is 0.139. The van der Waals surface area contributed by atoms with Crippen LogP contribution in [0.5, 0.6) is 0 Å². The van der Waals surface area contributed by atoms with Crippen molar-refractivity contribution >= 4 is 21.3 Å². The smallest absolute Gasteiger partial charge is 0.407 e. The number of aliphatic hydroxyl groups is 1. The molecule has 1 aromatic rings. The molecule has 0 radical (unpaired) electrons. The second-order valence-corrected chi connectivity index (χ2v) is 15.4. The molecule has 0 spiro atoms. The molecule has 40 heavy (non-hydrogen) atoms. The fourth-order valence-electron chi connectivity index (χ4n) is 3.47. The lowest BCUT2D eigenvalue weighted by molar-refractivity contribution is -0.703. The van der Waals surface area contributed by atoms with Crippen molar-refractivity contribution in [3.05, 3.63) is 30.1 Å². The highest BCUT2D eigenvalue weighted by molar-refractivity contribution is 7.72. The zero-order valence-electron chi connectivity index (χ0n) is 25.3. The fourth-order valence-corrected chi connectivity index (χ4v) is 9.11. The van der Waals surface area contributed by atoms with Crippen molar-refractivity contribution in [2.24, 2.45) is 0 Å². The molecule has 1 atom stereocenters. The Morgan fingerprint density at radius 3 is 1.68 bits per heavy atom. The summed E-state index contributed by atoms with van der Waals surface area (Å²) in [7, 11) is -7.82. The van der Waals surface area contributed by atoms with E-state index in [1.807, 2.05) is 27.7 Å². The third kappa shape index (κ3) is 13.6. The predicted molar refractivity (Wildman–Crippen MR) is 155 cm³/mol. The minimum atomic E-state index is -3.91. The molecule has 1 heterocycles. The van der Waals surface area contributed by atoms with E-state index in [2.05, 4.69) is 5.32 Å². The molecule has 0 aromatic carbocycles. The number of rotatable bonds is 20. The van der Waals surface area contributed by atoms with Gasteiger partial charge in [0.25, 0.3) is 0 Å². The number of aliphatic hydroxyl groups excluding tert-OH is 1. The minimum Gasteiger partial charge on any atom is -0.444 e. The van der Waals surface area contributed by atoms with Crippen molar-refractivity contribution in [3.63, 3.8) is 0 Å². The maximum atomic E-state index is 14.2. The summed E-state index contributed by atoms with van der Waals surface area (Å²) in [5.74, 6) is 0. The van der Waals surface area contributed by atoms with Crippen LogP contribution in [0.3, 0.4) is 0 Å². The summed E-state index contributed by atoms with van der Waals surface area (Å²) in [5, 5.41) is 11.8. The highest BCUT2D eigenvalue weighted by Gasteiger charge is 2.51. The Kier molecular flexibility index (Phi) is 16.8. The second-order valence-electron chi connectivity index (χ2n) is 10.5. The fraction of sp³-hybridized carbons (Fsp3) is 0.778. The standard InChI is InChI=1S/C27H50N2O9P2/c1-8-16-34-39(32,35-17-9-2)25(40(33,36-18-10-3)37-19-11-4)20-23-12-14-29(15-13-23)22-24(30)21-28-26(31)38-27(5,6)7/h12-15,24-25,30H,8-11,16-22H2,1-7H3/p+1. The van der Waals surface area contributed by atoms with E-state index in [0.717, 1.165) is 5.56 Å². The number of hydrogen-bond acceptors (Lipinski definition) is 9. The van der Waals surface area contributed by atoms with Gasteiger partial charge in [0.15, 0.2) is 24.3 Å². The molecule has 0 saturated heterocycles. The van der Waals surface area contributed by atoms with Crippen molar-refractivity contribution in [1.29, 1.82) is 0 Å². The molecule has 0 saturated carbocycles. The van der Waals surface area contributed by atoms with Crippen LogP contribution in [0.2, 0.25) is 0 Å². The first-order chi connectivity index (χ1) is 18.8. The van der Waals surface area contributed by atoms with Crippen LogP contribution in [0.25, 0.3) is 0 Å². The van der Waals surface area contributed by atoms with Crippen LogP contribution < -0.4 is 9.88 Å². The molecule has 11 nitrogen and oxygen atoms in total. The van der Waals surface area contributed by atoms with E-state index in [-0.39, 0.29) is 45.9 Å². The van der Waals surface area contributed by atoms with Crippen molar-refractivity contribution in [2.45, 2.75) is 104 Å². The molecular weight excluding hydrogens is 558 g/mol. The third-order valence-corrected chi connectivity index (χ3v) is 11.0. The molecule has 1 rings (SSSR count).